The number of unbranched alkanes of at least 4 members (excludes halogenated alkanes) is 1. The number of hydrogen-bond donors (Lipinski definition) is 3. The van der Waals surface area contributed by atoms with Crippen LogP contribution in [0.3, 0.4) is 0 Å². The van der Waals surface area contributed by atoms with E-state index in [2.05, 4.69) is 32.4 Å². The molecule has 4 rings (SSSR count). The van der Waals surface area contributed by atoms with Gasteiger partial charge in [-0.2, -0.15) is 0 Å². The Hall–Kier alpha value is -4.18. The van der Waals surface area contributed by atoms with Crippen molar-refractivity contribution in [3.8, 4) is 45.7 Å². The molecule has 0 aliphatic rings. The first kappa shape index (κ1) is 24.9. The van der Waals surface area contributed by atoms with Gasteiger partial charge in [0, 0.05) is 18.9 Å². The molecule has 0 spiro atoms. The Morgan fingerprint density at radius 1 is 0.917 bits per heavy atom. The van der Waals surface area contributed by atoms with Crippen molar-refractivity contribution < 1.29 is 24.1 Å². The average Bonchev–Trinajstić information content (AvgIpc) is 3.35. The molecular formula is C26H29N5O5. The molecule has 4 aromatic rings. The van der Waals surface area contributed by atoms with Crippen LogP contribution in [0.4, 0.5) is 0 Å². The first-order valence-corrected chi connectivity index (χ1v) is 11.7. The fourth-order valence-corrected chi connectivity index (χ4v) is 3.93. The molecule has 10 nitrogen and oxygen atoms in total. The van der Waals surface area contributed by atoms with E-state index in [-0.39, 0.29) is 17.2 Å². The number of aromatic hydroxyl groups is 2. The third-order valence-corrected chi connectivity index (χ3v) is 5.71. The summed E-state index contributed by atoms with van der Waals surface area (Å²) < 4.78 is 16.9. The van der Waals surface area contributed by atoms with Crippen LogP contribution in [0.25, 0.3) is 22.6 Å². The van der Waals surface area contributed by atoms with Crippen molar-refractivity contribution in [3.63, 3.8) is 0 Å². The highest BCUT2D eigenvalue weighted by atomic mass is 16.5. The molecule has 0 fully saturated rings. The molecule has 0 aliphatic carbocycles. The van der Waals surface area contributed by atoms with Crippen molar-refractivity contribution >= 4 is 0 Å². The number of nitrogens with zero attached hydrogens (tertiary/aromatic N) is 4. The van der Waals surface area contributed by atoms with Gasteiger partial charge in [0.2, 0.25) is 11.8 Å². The van der Waals surface area contributed by atoms with Gasteiger partial charge in [-0.05, 0) is 42.7 Å². The van der Waals surface area contributed by atoms with Gasteiger partial charge in [0.05, 0.1) is 37.6 Å². The Morgan fingerprint density at radius 3 is 2.31 bits per heavy atom. The van der Waals surface area contributed by atoms with Crippen LogP contribution >= 0.6 is 0 Å². The van der Waals surface area contributed by atoms with Crippen molar-refractivity contribution in [1.82, 2.24) is 25.5 Å². The Balaban J connectivity index is 1.73. The molecule has 0 saturated carbocycles. The number of nitrogens with one attached hydrogen (secondary N) is 1. The molecular weight excluding hydrogens is 462 g/mol. The van der Waals surface area contributed by atoms with Crippen molar-refractivity contribution in [2.45, 2.75) is 39.3 Å². The van der Waals surface area contributed by atoms with E-state index in [1.807, 2.05) is 12.1 Å². The van der Waals surface area contributed by atoms with Gasteiger partial charge in [0.1, 0.15) is 22.8 Å². The molecule has 0 unspecified atom stereocenters. The lowest BCUT2D eigenvalue weighted by Gasteiger charge is -2.18. The average molecular weight is 492 g/mol. The Kier molecular flexibility index (Phi) is 7.96. The molecule has 0 saturated heterocycles. The molecule has 0 atom stereocenters. The fourth-order valence-electron chi connectivity index (χ4n) is 3.93. The van der Waals surface area contributed by atoms with Crippen LogP contribution in [-0.4, -0.2) is 44.6 Å². The van der Waals surface area contributed by atoms with E-state index < -0.39 is 5.88 Å². The molecule has 0 aliphatic heterocycles. The van der Waals surface area contributed by atoms with Crippen LogP contribution in [0.15, 0.2) is 47.1 Å². The number of aryl methyl sites for hydroxylation is 1. The summed E-state index contributed by atoms with van der Waals surface area (Å²) in [5, 5.41) is 33.6. The second kappa shape index (κ2) is 11.5. The third kappa shape index (κ3) is 5.23. The highest BCUT2D eigenvalue weighted by molar-refractivity contribution is 5.88. The Bertz CT molecular complexity index is 1290. The first-order chi connectivity index (χ1) is 17.6. The second-order valence-corrected chi connectivity index (χ2v) is 8.08. The van der Waals surface area contributed by atoms with Crippen LogP contribution in [0.2, 0.25) is 0 Å². The second-order valence-electron chi connectivity index (χ2n) is 8.08. The van der Waals surface area contributed by atoms with Crippen molar-refractivity contribution in [2.75, 3.05) is 14.2 Å². The minimum absolute atomic E-state index is 0.0460. The van der Waals surface area contributed by atoms with Gasteiger partial charge in [-0.25, -0.2) is 4.98 Å². The van der Waals surface area contributed by atoms with E-state index in [9.17, 15) is 10.2 Å². The van der Waals surface area contributed by atoms with E-state index >= 15 is 0 Å². The number of benzene rings is 1. The maximum atomic E-state index is 11.5. The third-order valence-electron chi connectivity index (χ3n) is 5.71. The number of rotatable bonds is 11. The van der Waals surface area contributed by atoms with Gasteiger partial charge in [0.25, 0.3) is 5.89 Å². The quantitative estimate of drug-likeness (QED) is 0.279. The van der Waals surface area contributed by atoms with Crippen molar-refractivity contribution in [1.29, 1.82) is 0 Å². The summed E-state index contributed by atoms with van der Waals surface area (Å²) in [5.41, 5.74) is 2.44. The highest BCUT2D eigenvalue weighted by Crippen LogP contribution is 2.49. The van der Waals surface area contributed by atoms with Crippen LogP contribution < -0.4 is 14.8 Å². The lowest BCUT2D eigenvalue weighted by atomic mass is 9.95. The molecule has 188 valence electrons. The van der Waals surface area contributed by atoms with Crippen LogP contribution in [-0.2, 0) is 19.5 Å². The molecule has 36 heavy (non-hydrogen) atoms. The molecule has 3 aromatic heterocycles. The standard InChI is InChI=1S/C26H29N5O5/c1-4-5-7-17-21(22-18(34-2)8-6-9-19(22)35-3)24(32)23(25(33)29-17)26-31-30-20(36-26)15-28-14-16-10-12-27-13-11-16/h6,8-13,28H,4-5,7,14-15H2,1-3H3,(H2,29,32,33). The topological polar surface area (TPSA) is 136 Å². The maximum absolute atomic E-state index is 11.5. The van der Waals surface area contributed by atoms with Crippen LogP contribution in [0, 0.1) is 0 Å². The van der Waals surface area contributed by atoms with Crippen molar-refractivity contribution in [2.24, 2.45) is 0 Å². The zero-order valence-corrected chi connectivity index (χ0v) is 20.5. The monoisotopic (exact) mass is 491 g/mol. The number of ether oxygens (including phenoxy) is 2. The normalized spacial score (nSPS) is 11.0. The number of pyridine rings is 2. The summed E-state index contributed by atoms with van der Waals surface area (Å²) in [7, 11) is 3.08. The fraction of sp³-hybridized carbons (Fsp3) is 0.308. The SMILES string of the molecule is CCCCc1nc(O)c(-c2nnc(CNCc3ccncc3)o2)c(O)c1-c1c(OC)cccc1OC. The van der Waals surface area contributed by atoms with Gasteiger partial charge in [-0.15, -0.1) is 10.2 Å². The van der Waals surface area contributed by atoms with E-state index in [4.69, 9.17) is 13.9 Å². The summed E-state index contributed by atoms with van der Waals surface area (Å²) in [6.07, 6.45) is 5.69. The predicted molar refractivity (Wildman–Crippen MR) is 133 cm³/mol. The molecule has 3 heterocycles. The van der Waals surface area contributed by atoms with E-state index in [0.717, 1.165) is 18.4 Å². The summed E-state index contributed by atoms with van der Waals surface area (Å²) in [6, 6.07) is 9.14. The summed E-state index contributed by atoms with van der Waals surface area (Å²) in [6.45, 7) is 2.94. The zero-order valence-electron chi connectivity index (χ0n) is 20.5. The van der Waals surface area contributed by atoms with Gasteiger partial charge in [-0.3, -0.25) is 4.98 Å². The van der Waals surface area contributed by atoms with Gasteiger partial charge >= 0.3 is 0 Å². The molecule has 0 radical (unpaired) electrons. The summed E-state index contributed by atoms with van der Waals surface area (Å²) in [4.78, 5) is 8.42. The first-order valence-electron chi connectivity index (χ1n) is 11.7. The van der Waals surface area contributed by atoms with Crippen LogP contribution in [0.1, 0.15) is 36.9 Å². The summed E-state index contributed by atoms with van der Waals surface area (Å²) in [5.74, 6) is 0.604. The smallest absolute Gasteiger partial charge is 0.257 e. The number of hydrogen-bond acceptors (Lipinski definition) is 10. The number of aromatic nitrogens is 4. The molecule has 1 aromatic carbocycles. The Labute approximate surface area is 209 Å². The predicted octanol–water partition coefficient (Wildman–Crippen LogP) is 4.25. The van der Waals surface area contributed by atoms with E-state index in [1.165, 1.54) is 0 Å². The molecule has 10 heteroatoms. The zero-order chi connectivity index (χ0) is 25.5. The van der Waals surface area contributed by atoms with E-state index in [1.54, 1.807) is 44.8 Å². The molecule has 3 N–H and O–H groups in total. The highest BCUT2D eigenvalue weighted by Gasteiger charge is 2.28. The number of methoxy groups -OCH3 is 2. The van der Waals surface area contributed by atoms with Gasteiger partial charge in [0.15, 0.2) is 0 Å². The van der Waals surface area contributed by atoms with Gasteiger partial charge < -0.3 is 29.4 Å². The van der Waals surface area contributed by atoms with Gasteiger partial charge in [-0.1, -0.05) is 19.4 Å². The minimum Gasteiger partial charge on any atom is -0.506 e. The lowest BCUT2D eigenvalue weighted by Crippen LogP contribution is -2.12. The minimum atomic E-state index is -0.392. The summed E-state index contributed by atoms with van der Waals surface area (Å²) >= 11 is 0. The Morgan fingerprint density at radius 2 is 1.64 bits per heavy atom. The maximum Gasteiger partial charge on any atom is 0.257 e. The molecule has 0 amide bonds. The van der Waals surface area contributed by atoms with E-state index in [0.29, 0.717) is 53.7 Å². The van der Waals surface area contributed by atoms with Crippen LogP contribution in [0.5, 0.6) is 23.1 Å². The molecule has 0 bridgehead atoms. The largest absolute Gasteiger partial charge is 0.506 e. The lowest BCUT2D eigenvalue weighted by molar-refractivity contribution is 0.395. The van der Waals surface area contributed by atoms with Crippen molar-refractivity contribution in [3.05, 3.63) is 59.9 Å².